The van der Waals surface area contributed by atoms with Crippen molar-refractivity contribution in [2.24, 2.45) is 0 Å². The summed E-state index contributed by atoms with van der Waals surface area (Å²) in [5.74, 6) is -0.425. The van der Waals surface area contributed by atoms with Crippen LogP contribution >= 0.6 is 11.6 Å². The van der Waals surface area contributed by atoms with E-state index in [1.165, 1.54) is 11.0 Å². The van der Waals surface area contributed by atoms with Gasteiger partial charge in [0.15, 0.2) is 0 Å². The number of halogens is 1. The summed E-state index contributed by atoms with van der Waals surface area (Å²) >= 11 is 5.95. The molecule has 148 valence electrons. The molecule has 3 aromatic rings. The van der Waals surface area contributed by atoms with Crippen LogP contribution in [0.1, 0.15) is 33.0 Å². The van der Waals surface area contributed by atoms with Crippen molar-refractivity contribution in [2.45, 2.75) is 13.5 Å². The Balaban J connectivity index is 1.44. The molecule has 2 aliphatic rings. The van der Waals surface area contributed by atoms with Crippen molar-refractivity contribution in [2.75, 3.05) is 10.2 Å². The number of nitrogens with zero attached hydrogens (tertiary/aromatic N) is 1. The monoisotopic (exact) mass is 418 g/mol. The molecule has 0 fully saturated rings. The van der Waals surface area contributed by atoms with Gasteiger partial charge in [-0.05, 0) is 55.5 Å². The topological polar surface area (TPSA) is 79.6 Å². The molecule has 1 N–H and O–H groups in total. The lowest BCUT2D eigenvalue weighted by atomic mass is 10.0. The molecule has 1 aromatic heterocycles. The van der Waals surface area contributed by atoms with Gasteiger partial charge in [-0.2, -0.15) is 0 Å². The van der Waals surface area contributed by atoms with Crippen LogP contribution in [0.15, 0.2) is 52.9 Å². The van der Waals surface area contributed by atoms with Crippen molar-refractivity contribution in [3.05, 3.63) is 81.8 Å². The highest BCUT2D eigenvalue weighted by molar-refractivity contribution is 6.52. The highest BCUT2D eigenvalue weighted by Gasteiger charge is 2.36. The van der Waals surface area contributed by atoms with E-state index in [4.69, 9.17) is 16.0 Å². The Labute approximate surface area is 176 Å². The largest absolute Gasteiger partial charge is 0.460 e. The minimum absolute atomic E-state index is 0.101. The summed E-state index contributed by atoms with van der Waals surface area (Å²) in [6.45, 7) is 2.06. The quantitative estimate of drug-likeness (QED) is 0.503. The van der Waals surface area contributed by atoms with Gasteiger partial charge in [-0.1, -0.05) is 23.2 Å². The molecule has 0 unspecified atom stereocenters. The van der Waals surface area contributed by atoms with Gasteiger partial charge < -0.3 is 9.73 Å². The summed E-state index contributed by atoms with van der Waals surface area (Å²) < 4.78 is 5.84. The van der Waals surface area contributed by atoms with Crippen LogP contribution in [0.3, 0.4) is 0 Å². The maximum atomic E-state index is 12.4. The van der Waals surface area contributed by atoms with Crippen LogP contribution in [0.5, 0.6) is 0 Å². The smallest absolute Gasteiger partial charge is 0.299 e. The van der Waals surface area contributed by atoms with Gasteiger partial charge in [0.25, 0.3) is 17.6 Å². The zero-order valence-corrected chi connectivity index (χ0v) is 16.6. The third kappa shape index (κ3) is 2.93. The molecule has 0 atom stereocenters. The van der Waals surface area contributed by atoms with Gasteiger partial charge in [-0.3, -0.25) is 19.3 Å². The van der Waals surface area contributed by atoms with Gasteiger partial charge >= 0.3 is 0 Å². The Morgan fingerprint density at radius 1 is 1.03 bits per heavy atom. The number of hydrogen-bond acceptors (Lipinski definition) is 4. The van der Waals surface area contributed by atoms with Crippen LogP contribution < -0.4 is 10.2 Å². The second-order valence-corrected chi connectivity index (χ2v) is 7.68. The van der Waals surface area contributed by atoms with E-state index >= 15 is 0 Å². The third-order valence-electron chi connectivity index (χ3n) is 5.17. The molecule has 0 aliphatic carbocycles. The predicted molar refractivity (Wildman–Crippen MR) is 113 cm³/mol. The number of hydrogen-bond donors (Lipinski definition) is 1. The van der Waals surface area contributed by atoms with E-state index in [1.807, 2.05) is 25.1 Å². The van der Waals surface area contributed by atoms with Gasteiger partial charge in [0.05, 0.1) is 23.4 Å². The molecule has 6 nitrogen and oxygen atoms in total. The van der Waals surface area contributed by atoms with E-state index < -0.39 is 11.7 Å². The number of rotatable bonds is 3. The first kappa shape index (κ1) is 18.4. The molecule has 0 radical (unpaired) electrons. The van der Waals surface area contributed by atoms with Gasteiger partial charge in [-0.25, -0.2) is 0 Å². The number of amides is 2. The van der Waals surface area contributed by atoms with E-state index in [1.54, 1.807) is 30.3 Å². The Morgan fingerprint density at radius 2 is 1.87 bits per heavy atom. The van der Waals surface area contributed by atoms with Crippen molar-refractivity contribution in [3.8, 4) is 0 Å². The maximum absolute atomic E-state index is 12.4. The molecular weight excluding hydrogens is 404 g/mol. The van der Waals surface area contributed by atoms with Crippen molar-refractivity contribution in [3.63, 3.8) is 0 Å². The van der Waals surface area contributed by atoms with E-state index in [0.29, 0.717) is 27.8 Å². The van der Waals surface area contributed by atoms with Gasteiger partial charge in [-0.15, -0.1) is 0 Å². The molecule has 5 rings (SSSR count). The van der Waals surface area contributed by atoms with Crippen LogP contribution in [-0.2, 0) is 16.1 Å². The lowest BCUT2D eigenvalue weighted by Gasteiger charge is -2.14. The Kier molecular flexibility index (Phi) is 4.11. The number of benzene rings is 2. The van der Waals surface area contributed by atoms with Gasteiger partial charge in [0.1, 0.15) is 11.5 Å². The number of aryl methyl sites for hydroxylation is 1. The molecule has 7 heteroatoms. The fourth-order valence-electron chi connectivity index (χ4n) is 3.73. The van der Waals surface area contributed by atoms with Crippen LogP contribution in [-0.4, -0.2) is 17.6 Å². The summed E-state index contributed by atoms with van der Waals surface area (Å²) in [6, 6.07) is 14.0. The highest BCUT2D eigenvalue weighted by Crippen LogP contribution is 2.35. The predicted octanol–water partition coefficient (Wildman–Crippen LogP) is 4.46. The number of nitrogens with one attached hydrogen (secondary N) is 1. The molecule has 30 heavy (non-hydrogen) atoms. The second-order valence-electron chi connectivity index (χ2n) is 7.25. The zero-order chi connectivity index (χ0) is 21.0. The Bertz CT molecular complexity index is 1290. The molecule has 0 spiro atoms. The average molecular weight is 419 g/mol. The summed E-state index contributed by atoms with van der Waals surface area (Å²) in [4.78, 5) is 38.4. The maximum Gasteiger partial charge on any atom is 0.299 e. The summed E-state index contributed by atoms with van der Waals surface area (Å²) in [6.07, 6.45) is 1.68. The standard InChI is InChI=1S/C23H15ClN2O4/c1-12-2-6-19-16(8-12)17(22(28)25-19)10-14-4-5-15(30-14)11-26-20-7-3-13(24)9-18(20)21(27)23(26)29/h2-10H,11H2,1H3,(H,25,28)/b17-10+. The van der Waals surface area contributed by atoms with Crippen LogP contribution in [0, 0.1) is 6.92 Å². The molecule has 0 saturated heterocycles. The lowest BCUT2D eigenvalue weighted by molar-refractivity contribution is -0.114. The van der Waals surface area contributed by atoms with Crippen LogP contribution in [0.4, 0.5) is 11.4 Å². The van der Waals surface area contributed by atoms with Crippen molar-refractivity contribution in [1.82, 2.24) is 0 Å². The van der Waals surface area contributed by atoms with Crippen molar-refractivity contribution >= 4 is 52.2 Å². The minimum atomic E-state index is -0.622. The highest BCUT2D eigenvalue weighted by atomic mass is 35.5. The Hall–Kier alpha value is -3.64. The normalized spacial score (nSPS) is 16.3. The SMILES string of the molecule is Cc1ccc2c(c1)/C(=C\c1ccc(CN3C(=O)C(=O)c4cc(Cl)ccc43)o1)C(=O)N2. The molecule has 2 aliphatic heterocycles. The molecule has 2 amide bonds. The van der Waals surface area contributed by atoms with E-state index in [9.17, 15) is 14.4 Å². The number of ketones is 1. The van der Waals surface area contributed by atoms with Crippen molar-refractivity contribution in [1.29, 1.82) is 0 Å². The third-order valence-corrected chi connectivity index (χ3v) is 5.41. The zero-order valence-electron chi connectivity index (χ0n) is 15.9. The molecule has 2 aromatic carbocycles. The minimum Gasteiger partial charge on any atom is -0.460 e. The molecular formula is C23H15ClN2O4. The lowest BCUT2D eigenvalue weighted by Crippen LogP contribution is -2.28. The first-order valence-corrected chi connectivity index (χ1v) is 9.67. The molecule has 3 heterocycles. The number of anilines is 2. The number of Topliss-reactive ketones (excluding diaryl/α,β-unsaturated/α-hetero) is 1. The van der Waals surface area contributed by atoms with E-state index in [-0.39, 0.29) is 18.0 Å². The van der Waals surface area contributed by atoms with Gasteiger partial charge in [0.2, 0.25) is 0 Å². The first-order valence-electron chi connectivity index (χ1n) is 9.29. The number of furan rings is 1. The number of carbonyl (C=O) groups excluding carboxylic acids is 3. The van der Waals surface area contributed by atoms with E-state index in [2.05, 4.69) is 5.32 Å². The summed E-state index contributed by atoms with van der Waals surface area (Å²) in [5, 5.41) is 3.23. The fraction of sp³-hybridized carbons (Fsp3) is 0.0870. The fourth-order valence-corrected chi connectivity index (χ4v) is 3.90. The average Bonchev–Trinajstić information content (AvgIpc) is 3.35. The Morgan fingerprint density at radius 3 is 2.70 bits per heavy atom. The van der Waals surface area contributed by atoms with E-state index in [0.717, 1.165) is 16.8 Å². The van der Waals surface area contributed by atoms with Crippen LogP contribution in [0.25, 0.3) is 11.6 Å². The van der Waals surface area contributed by atoms with Crippen molar-refractivity contribution < 1.29 is 18.8 Å². The molecule has 0 bridgehead atoms. The molecule has 0 saturated carbocycles. The summed E-state index contributed by atoms with van der Waals surface area (Å²) in [7, 11) is 0. The number of fused-ring (bicyclic) bond motifs is 2. The van der Waals surface area contributed by atoms with Gasteiger partial charge in [0, 0.05) is 16.3 Å². The van der Waals surface area contributed by atoms with Crippen LogP contribution in [0.2, 0.25) is 5.02 Å². The number of carbonyl (C=O) groups is 3. The second kappa shape index (κ2) is 6.71. The summed E-state index contributed by atoms with van der Waals surface area (Å²) in [5.41, 5.74) is 3.94. The first-order chi connectivity index (χ1) is 14.4.